The van der Waals surface area contributed by atoms with Crippen LogP contribution < -0.4 is 0 Å². The quantitative estimate of drug-likeness (QED) is 0.452. The van der Waals surface area contributed by atoms with E-state index in [0.717, 1.165) is 70.6 Å². The summed E-state index contributed by atoms with van der Waals surface area (Å²) in [4.78, 5) is 0.650. The van der Waals surface area contributed by atoms with Crippen LogP contribution in [0.3, 0.4) is 0 Å². The molecule has 4 nitrogen and oxygen atoms in total. The lowest BCUT2D eigenvalue weighted by atomic mass is 9.70. The number of hydrogen-bond acceptors (Lipinski definition) is 4. The first-order chi connectivity index (χ1) is 15.3. The molecule has 0 saturated heterocycles. The molecule has 0 N–H and O–H groups in total. The van der Waals surface area contributed by atoms with Crippen LogP contribution in [0.15, 0.2) is 23.1 Å². The van der Waals surface area contributed by atoms with Crippen LogP contribution in [0.2, 0.25) is 0 Å². The predicted molar refractivity (Wildman–Crippen MR) is 132 cm³/mol. The van der Waals surface area contributed by atoms with Crippen molar-refractivity contribution in [3.63, 3.8) is 0 Å². The topological polar surface area (TPSA) is 68.3 Å². The van der Waals surface area contributed by atoms with Gasteiger partial charge in [-0.1, -0.05) is 57.3 Å². The van der Waals surface area contributed by atoms with Crippen LogP contribution in [0.1, 0.15) is 103 Å². The maximum Gasteiger partial charge on any atom is 0.177 e. The van der Waals surface area contributed by atoms with E-state index in [-0.39, 0.29) is 28.3 Å². The van der Waals surface area contributed by atoms with Gasteiger partial charge in [-0.05, 0) is 82.0 Å². The van der Waals surface area contributed by atoms with Crippen LogP contribution in [0, 0.1) is 17.8 Å². The van der Waals surface area contributed by atoms with Gasteiger partial charge in [0.15, 0.2) is 19.7 Å². The SMILES string of the molecule is CC1CCCCCCC2C1C(S(=O)(=O)C1C=CCCC1)CCC2S(=O)(=O)C1=CCCCC1. The zero-order valence-corrected chi connectivity index (χ0v) is 21.4. The molecule has 6 heteroatoms. The van der Waals surface area contributed by atoms with Gasteiger partial charge in [-0.15, -0.1) is 0 Å². The molecular weight excluding hydrogens is 440 g/mol. The monoisotopic (exact) mass is 482 g/mol. The Kier molecular flexibility index (Phi) is 7.91. The Labute approximate surface area is 196 Å². The van der Waals surface area contributed by atoms with Gasteiger partial charge in [0.1, 0.15) is 0 Å². The van der Waals surface area contributed by atoms with Crippen molar-refractivity contribution in [2.45, 2.75) is 119 Å². The molecule has 2 fully saturated rings. The third kappa shape index (κ3) is 4.92. The van der Waals surface area contributed by atoms with E-state index in [0.29, 0.717) is 24.2 Å². The highest BCUT2D eigenvalue weighted by molar-refractivity contribution is 7.96. The van der Waals surface area contributed by atoms with Gasteiger partial charge in [0.05, 0.1) is 15.7 Å². The Bertz CT molecular complexity index is 915. The molecule has 0 aromatic rings. The van der Waals surface area contributed by atoms with Crippen molar-refractivity contribution in [2.24, 2.45) is 17.8 Å². The van der Waals surface area contributed by atoms with E-state index in [9.17, 15) is 16.8 Å². The van der Waals surface area contributed by atoms with E-state index in [2.05, 4.69) is 6.92 Å². The minimum absolute atomic E-state index is 0.0305. The van der Waals surface area contributed by atoms with E-state index < -0.39 is 24.9 Å². The van der Waals surface area contributed by atoms with Crippen molar-refractivity contribution in [2.75, 3.05) is 0 Å². The van der Waals surface area contributed by atoms with Crippen LogP contribution >= 0.6 is 0 Å². The maximum atomic E-state index is 13.9. The van der Waals surface area contributed by atoms with Crippen molar-refractivity contribution in [3.05, 3.63) is 23.1 Å². The summed E-state index contributed by atoms with van der Waals surface area (Å²) in [5.74, 6) is 0.187. The van der Waals surface area contributed by atoms with Crippen LogP contribution in [-0.4, -0.2) is 32.6 Å². The van der Waals surface area contributed by atoms with Gasteiger partial charge in [0, 0.05) is 4.91 Å². The fraction of sp³-hybridized carbons (Fsp3) is 0.846. The lowest BCUT2D eigenvalue weighted by Crippen LogP contribution is -2.51. The second-order valence-corrected chi connectivity index (χ2v) is 15.4. The summed E-state index contributed by atoms with van der Waals surface area (Å²) in [6.45, 7) is 2.21. The molecule has 0 bridgehead atoms. The Morgan fingerprint density at radius 1 is 0.750 bits per heavy atom. The van der Waals surface area contributed by atoms with E-state index in [1.165, 1.54) is 6.42 Å². The molecule has 0 spiro atoms. The Hall–Kier alpha value is -0.620. The van der Waals surface area contributed by atoms with Crippen LogP contribution in [0.4, 0.5) is 0 Å². The zero-order chi connectivity index (χ0) is 22.8. The van der Waals surface area contributed by atoms with Crippen molar-refractivity contribution >= 4 is 19.7 Å². The fourth-order valence-electron chi connectivity index (χ4n) is 7.13. The number of hydrogen-bond donors (Lipinski definition) is 0. The maximum absolute atomic E-state index is 13.9. The van der Waals surface area contributed by atoms with Crippen LogP contribution in [0.5, 0.6) is 0 Å². The Morgan fingerprint density at radius 3 is 2.19 bits per heavy atom. The summed E-state index contributed by atoms with van der Waals surface area (Å²) in [5, 5.41) is -1.16. The van der Waals surface area contributed by atoms with Crippen molar-refractivity contribution < 1.29 is 16.8 Å². The van der Waals surface area contributed by atoms with Crippen molar-refractivity contribution in [1.82, 2.24) is 0 Å². The van der Waals surface area contributed by atoms with Crippen molar-refractivity contribution in [1.29, 1.82) is 0 Å². The van der Waals surface area contributed by atoms with Crippen LogP contribution in [0.25, 0.3) is 0 Å². The van der Waals surface area contributed by atoms with Gasteiger partial charge >= 0.3 is 0 Å². The number of allylic oxidation sites excluding steroid dienone is 3. The summed E-state index contributed by atoms with van der Waals surface area (Å²) >= 11 is 0. The third-order valence-corrected chi connectivity index (χ3v) is 13.9. The smallest absolute Gasteiger partial charge is 0.177 e. The van der Waals surface area contributed by atoms with Gasteiger partial charge in [-0.3, -0.25) is 0 Å². The average Bonchev–Trinajstić information content (AvgIpc) is 2.90. The summed E-state index contributed by atoms with van der Waals surface area (Å²) in [7, 11) is -6.68. The second kappa shape index (κ2) is 10.3. The Morgan fingerprint density at radius 2 is 1.50 bits per heavy atom. The number of fused-ring (bicyclic) bond motifs is 1. The highest BCUT2D eigenvalue weighted by Crippen LogP contribution is 2.48. The molecule has 4 aliphatic carbocycles. The van der Waals surface area contributed by atoms with Crippen LogP contribution in [-0.2, 0) is 19.7 Å². The van der Waals surface area contributed by atoms with E-state index in [1.54, 1.807) is 0 Å². The van der Waals surface area contributed by atoms with E-state index in [1.807, 2.05) is 18.2 Å². The molecular formula is C26H42O4S2. The summed E-state index contributed by atoms with van der Waals surface area (Å²) in [6, 6.07) is 0. The lowest BCUT2D eigenvalue weighted by Gasteiger charge is -2.46. The molecule has 6 unspecified atom stereocenters. The van der Waals surface area contributed by atoms with Gasteiger partial charge < -0.3 is 0 Å². The average molecular weight is 483 g/mol. The minimum atomic E-state index is -3.36. The van der Waals surface area contributed by atoms with E-state index in [4.69, 9.17) is 0 Å². The largest absolute Gasteiger partial charge is 0.228 e. The van der Waals surface area contributed by atoms with Gasteiger partial charge in [-0.2, -0.15) is 0 Å². The molecule has 4 rings (SSSR count). The highest BCUT2D eigenvalue weighted by atomic mass is 32.2. The molecule has 0 aromatic heterocycles. The summed E-state index contributed by atoms with van der Waals surface area (Å²) in [5.41, 5.74) is 0. The molecule has 0 amide bonds. The molecule has 182 valence electrons. The first-order valence-electron chi connectivity index (χ1n) is 13.2. The lowest BCUT2D eigenvalue weighted by molar-refractivity contribution is 0.162. The molecule has 6 atom stereocenters. The Balaban J connectivity index is 1.71. The molecule has 0 aliphatic heterocycles. The molecule has 0 heterocycles. The van der Waals surface area contributed by atoms with Crippen molar-refractivity contribution in [3.8, 4) is 0 Å². The number of sulfone groups is 2. The first-order valence-corrected chi connectivity index (χ1v) is 16.3. The molecule has 0 aromatic carbocycles. The van der Waals surface area contributed by atoms with Gasteiger partial charge in [-0.25, -0.2) is 16.8 Å². The number of rotatable bonds is 4. The zero-order valence-electron chi connectivity index (χ0n) is 19.8. The second-order valence-electron chi connectivity index (χ2n) is 10.8. The predicted octanol–water partition coefficient (Wildman–Crippen LogP) is 6.14. The highest BCUT2D eigenvalue weighted by Gasteiger charge is 2.52. The third-order valence-electron chi connectivity index (χ3n) is 8.81. The summed E-state index contributed by atoms with van der Waals surface area (Å²) in [6.07, 6.45) is 19.4. The standard InChI is InChI=1S/C26H42O4S2/c1-20-12-6-2-3-11-17-23-24(31(27,28)21-13-7-4-8-14-21)18-19-25(26(20)23)32(29,30)22-15-9-5-10-16-22/h9,13,15,20,22-26H,2-8,10-12,14,16-19H2,1H3. The normalized spacial score (nSPS) is 37.5. The van der Waals surface area contributed by atoms with Gasteiger partial charge in [0.2, 0.25) is 0 Å². The molecule has 4 aliphatic rings. The van der Waals surface area contributed by atoms with Gasteiger partial charge in [0.25, 0.3) is 0 Å². The molecule has 2 saturated carbocycles. The van der Waals surface area contributed by atoms with E-state index >= 15 is 0 Å². The molecule has 0 radical (unpaired) electrons. The minimum Gasteiger partial charge on any atom is -0.228 e. The fourth-order valence-corrected chi connectivity index (χ4v) is 12.2. The first kappa shape index (κ1) is 24.5. The summed E-state index contributed by atoms with van der Waals surface area (Å²) < 4.78 is 55.4. The molecule has 32 heavy (non-hydrogen) atoms.